The number of hydrogen-bond donors (Lipinski definition) is 2. The van der Waals surface area contributed by atoms with E-state index in [9.17, 15) is 0 Å². The minimum Gasteiger partial charge on any atom is -0.466 e. The fraction of sp³-hybridized carbons (Fsp3) is 0.417. The number of aryl methyl sites for hydroxylation is 3. The number of hydrazine groups is 1. The van der Waals surface area contributed by atoms with Crippen molar-refractivity contribution in [3.05, 3.63) is 41.4 Å². The largest absolute Gasteiger partial charge is 0.466 e. The Morgan fingerprint density at radius 1 is 1.53 bits per heavy atom. The second-order valence-electron chi connectivity index (χ2n) is 4.04. The molecule has 1 unspecified atom stereocenters. The van der Waals surface area contributed by atoms with E-state index in [-0.39, 0.29) is 6.04 Å². The zero-order valence-electron chi connectivity index (χ0n) is 10.4. The molecule has 92 valence electrons. The first-order valence-electron chi connectivity index (χ1n) is 5.71. The number of rotatable bonds is 4. The lowest BCUT2D eigenvalue weighted by atomic mass is 10.1. The molecule has 0 bridgehead atoms. The van der Waals surface area contributed by atoms with E-state index in [1.54, 1.807) is 6.20 Å². The number of hydrogen-bond acceptors (Lipinski definition) is 4. The predicted molar refractivity (Wildman–Crippen MR) is 65.2 cm³/mol. The average Bonchev–Trinajstić information content (AvgIpc) is 2.88. The number of furan rings is 1. The van der Waals surface area contributed by atoms with Crippen LogP contribution in [0.2, 0.25) is 0 Å². The molecule has 17 heavy (non-hydrogen) atoms. The summed E-state index contributed by atoms with van der Waals surface area (Å²) in [7, 11) is 0. The van der Waals surface area contributed by atoms with E-state index in [2.05, 4.69) is 21.9 Å². The smallest absolute Gasteiger partial charge is 0.131 e. The molecule has 0 aliphatic rings. The molecule has 0 saturated heterocycles. The second-order valence-corrected chi connectivity index (χ2v) is 4.04. The normalized spacial score (nSPS) is 12.9. The lowest BCUT2D eigenvalue weighted by molar-refractivity contribution is 0.489. The molecule has 3 N–H and O–H groups in total. The van der Waals surface area contributed by atoms with E-state index in [0.717, 1.165) is 29.5 Å². The number of aromatic nitrogens is 2. The van der Waals surface area contributed by atoms with Crippen LogP contribution in [0.5, 0.6) is 0 Å². The summed E-state index contributed by atoms with van der Waals surface area (Å²) in [6, 6.07) is 1.86. The van der Waals surface area contributed by atoms with Crippen molar-refractivity contribution < 1.29 is 4.42 Å². The Hall–Kier alpha value is -1.59. The van der Waals surface area contributed by atoms with Crippen molar-refractivity contribution in [2.24, 2.45) is 5.84 Å². The first-order valence-corrected chi connectivity index (χ1v) is 5.71. The number of nitrogens with one attached hydrogen (secondary N) is 1. The van der Waals surface area contributed by atoms with E-state index in [4.69, 9.17) is 10.3 Å². The van der Waals surface area contributed by atoms with Crippen LogP contribution in [0.25, 0.3) is 0 Å². The topological polar surface area (TPSA) is 69.0 Å². The monoisotopic (exact) mass is 234 g/mol. The van der Waals surface area contributed by atoms with Crippen LogP contribution in [0, 0.1) is 13.8 Å². The number of nitrogens with zero attached hydrogens (tertiary/aromatic N) is 2. The summed E-state index contributed by atoms with van der Waals surface area (Å²) in [6.07, 6.45) is 3.73. The lowest BCUT2D eigenvalue weighted by Crippen LogP contribution is -2.31. The van der Waals surface area contributed by atoms with Crippen LogP contribution in [0.4, 0.5) is 0 Å². The average molecular weight is 234 g/mol. The van der Waals surface area contributed by atoms with Crippen molar-refractivity contribution in [2.45, 2.75) is 33.4 Å². The first-order chi connectivity index (χ1) is 8.17. The highest BCUT2D eigenvalue weighted by atomic mass is 16.3. The predicted octanol–water partition coefficient (Wildman–Crippen LogP) is 1.67. The third-order valence-corrected chi connectivity index (χ3v) is 2.90. The zero-order chi connectivity index (χ0) is 12.4. The van der Waals surface area contributed by atoms with E-state index in [0.29, 0.717) is 0 Å². The van der Waals surface area contributed by atoms with E-state index < -0.39 is 0 Å². The Labute approximate surface area is 101 Å². The molecular formula is C12H18N4O. The number of imidazole rings is 1. The molecule has 2 aromatic heterocycles. The fourth-order valence-corrected chi connectivity index (χ4v) is 2.09. The Bertz CT molecular complexity index is 500. The molecule has 2 aromatic rings. The Kier molecular flexibility index (Phi) is 3.31. The van der Waals surface area contributed by atoms with Crippen LogP contribution in [0.3, 0.4) is 0 Å². The van der Waals surface area contributed by atoms with Gasteiger partial charge in [0.1, 0.15) is 23.4 Å². The molecule has 5 heteroatoms. The maximum Gasteiger partial charge on any atom is 0.131 e. The fourth-order valence-electron chi connectivity index (χ4n) is 2.09. The lowest BCUT2D eigenvalue weighted by Gasteiger charge is -2.16. The Balaban J connectivity index is 2.43. The molecule has 2 rings (SSSR count). The van der Waals surface area contributed by atoms with Crippen molar-refractivity contribution in [2.75, 3.05) is 0 Å². The van der Waals surface area contributed by atoms with E-state index in [1.165, 1.54) is 0 Å². The highest BCUT2D eigenvalue weighted by Gasteiger charge is 2.21. The maximum atomic E-state index is 5.65. The van der Waals surface area contributed by atoms with Crippen molar-refractivity contribution >= 4 is 0 Å². The quantitative estimate of drug-likeness (QED) is 0.623. The summed E-state index contributed by atoms with van der Waals surface area (Å²) >= 11 is 0. The Morgan fingerprint density at radius 3 is 2.82 bits per heavy atom. The molecule has 0 fully saturated rings. The summed E-state index contributed by atoms with van der Waals surface area (Å²) in [5, 5.41) is 0. The van der Waals surface area contributed by atoms with Gasteiger partial charge in [0.05, 0.1) is 0 Å². The molecule has 0 aliphatic heterocycles. The first kappa shape index (κ1) is 11.9. The number of nitrogens with two attached hydrogens (primary N) is 1. The minimum absolute atomic E-state index is 0.137. The molecule has 0 amide bonds. The van der Waals surface area contributed by atoms with Gasteiger partial charge in [0.25, 0.3) is 0 Å². The van der Waals surface area contributed by atoms with Crippen LogP contribution in [-0.2, 0) is 6.54 Å². The molecule has 2 heterocycles. The highest BCUT2D eigenvalue weighted by molar-refractivity contribution is 5.29. The molecular weight excluding hydrogens is 216 g/mol. The van der Waals surface area contributed by atoms with Gasteiger partial charge in [-0.25, -0.2) is 10.4 Å². The molecule has 0 saturated carbocycles. The van der Waals surface area contributed by atoms with Gasteiger partial charge in [-0.1, -0.05) is 0 Å². The van der Waals surface area contributed by atoms with Gasteiger partial charge < -0.3 is 8.98 Å². The summed E-state index contributed by atoms with van der Waals surface area (Å²) in [4.78, 5) is 4.36. The zero-order valence-corrected chi connectivity index (χ0v) is 10.4. The van der Waals surface area contributed by atoms with E-state index in [1.807, 2.05) is 26.1 Å². The van der Waals surface area contributed by atoms with Crippen molar-refractivity contribution in [1.29, 1.82) is 0 Å². The summed E-state index contributed by atoms with van der Waals surface area (Å²) < 4.78 is 7.60. The van der Waals surface area contributed by atoms with Crippen molar-refractivity contribution in [3.8, 4) is 0 Å². The van der Waals surface area contributed by atoms with Gasteiger partial charge in [-0.2, -0.15) is 0 Å². The van der Waals surface area contributed by atoms with Gasteiger partial charge in [-0.3, -0.25) is 5.84 Å². The van der Waals surface area contributed by atoms with Crippen molar-refractivity contribution in [1.82, 2.24) is 15.0 Å². The Morgan fingerprint density at radius 2 is 2.29 bits per heavy atom. The summed E-state index contributed by atoms with van der Waals surface area (Å²) in [5.41, 5.74) is 3.84. The molecule has 1 atom stereocenters. The summed E-state index contributed by atoms with van der Waals surface area (Å²) in [6.45, 7) is 6.80. The SMILES string of the molecule is CCn1ccnc1C(NN)c1cc(C)oc1C. The van der Waals surface area contributed by atoms with Gasteiger partial charge in [0.15, 0.2) is 0 Å². The van der Waals surface area contributed by atoms with Crippen LogP contribution in [0.15, 0.2) is 22.9 Å². The second kappa shape index (κ2) is 4.73. The maximum absolute atomic E-state index is 5.65. The van der Waals surface area contributed by atoms with Crippen LogP contribution in [0.1, 0.15) is 35.9 Å². The van der Waals surface area contributed by atoms with Gasteiger partial charge in [-0.05, 0) is 26.8 Å². The van der Waals surface area contributed by atoms with Crippen LogP contribution in [-0.4, -0.2) is 9.55 Å². The van der Waals surface area contributed by atoms with Crippen LogP contribution >= 0.6 is 0 Å². The molecule has 0 aliphatic carbocycles. The van der Waals surface area contributed by atoms with Crippen LogP contribution < -0.4 is 11.3 Å². The third kappa shape index (κ3) is 2.11. The van der Waals surface area contributed by atoms with Gasteiger partial charge in [0.2, 0.25) is 0 Å². The van der Waals surface area contributed by atoms with Crippen molar-refractivity contribution in [3.63, 3.8) is 0 Å². The minimum atomic E-state index is -0.137. The molecule has 0 aromatic carbocycles. The molecule has 0 radical (unpaired) electrons. The molecule has 5 nitrogen and oxygen atoms in total. The van der Waals surface area contributed by atoms with Gasteiger partial charge in [0, 0.05) is 24.5 Å². The third-order valence-electron chi connectivity index (χ3n) is 2.90. The van der Waals surface area contributed by atoms with E-state index >= 15 is 0 Å². The highest BCUT2D eigenvalue weighted by Crippen LogP contribution is 2.25. The van der Waals surface area contributed by atoms with Gasteiger partial charge >= 0.3 is 0 Å². The van der Waals surface area contributed by atoms with Gasteiger partial charge in [-0.15, -0.1) is 0 Å². The standard InChI is InChI=1S/C12H18N4O/c1-4-16-6-5-14-12(16)11(15-13)10-7-8(2)17-9(10)3/h5-7,11,15H,4,13H2,1-3H3. The molecule has 0 spiro atoms. The summed E-state index contributed by atoms with van der Waals surface area (Å²) in [5.74, 6) is 8.31.